The fraction of sp³-hybridized carbons (Fsp3) is 0.211. The smallest absolute Gasteiger partial charge is 0.254 e. The first-order valence-electron chi connectivity index (χ1n) is 8.43. The summed E-state index contributed by atoms with van der Waals surface area (Å²) in [5.74, 6) is 0.407. The molecule has 2 heterocycles. The number of furan rings is 1. The largest absolute Gasteiger partial charge is 0.467 e. The Kier molecular flexibility index (Phi) is 6.10. The first-order chi connectivity index (χ1) is 13.0. The number of thiophene rings is 1. The topological polar surface area (TPSA) is 79.6 Å². The van der Waals surface area contributed by atoms with Gasteiger partial charge in [0.25, 0.3) is 5.91 Å². The fourth-order valence-electron chi connectivity index (χ4n) is 2.63. The number of hydrogen-bond acceptors (Lipinski definition) is 5. The van der Waals surface area contributed by atoms with Gasteiger partial charge in [-0.05, 0) is 41.8 Å². The van der Waals surface area contributed by atoms with E-state index >= 15 is 0 Å². The maximum absolute atomic E-state index is 13.1. The van der Waals surface area contributed by atoms with Gasteiger partial charge in [0.05, 0.1) is 24.2 Å². The second-order valence-corrected chi connectivity index (χ2v) is 8.65. The summed E-state index contributed by atoms with van der Waals surface area (Å²) in [4.78, 5) is 15.9. The van der Waals surface area contributed by atoms with E-state index in [2.05, 4.69) is 4.72 Å². The van der Waals surface area contributed by atoms with Crippen molar-refractivity contribution in [3.8, 4) is 0 Å². The van der Waals surface area contributed by atoms with Crippen LogP contribution in [-0.2, 0) is 23.1 Å². The molecule has 0 bridgehead atoms. The lowest BCUT2D eigenvalue weighted by Gasteiger charge is -2.21. The van der Waals surface area contributed by atoms with Gasteiger partial charge in [0.1, 0.15) is 5.76 Å². The van der Waals surface area contributed by atoms with Crippen molar-refractivity contribution in [2.45, 2.75) is 24.9 Å². The molecule has 0 fully saturated rings. The van der Waals surface area contributed by atoms with Crippen LogP contribution in [0, 0.1) is 0 Å². The predicted octanol–water partition coefficient (Wildman–Crippen LogP) is 3.48. The summed E-state index contributed by atoms with van der Waals surface area (Å²) in [7, 11) is -3.63. The lowest BCUT2D eigenvalue weighted by atomic mass is 10.2. The van der Waals surface area contributed by atoms with Crippen molar-refractivity contribution in [1.82, 2.24) is 9.62 Å². The van der Waals surface area contributed by atoms with Crippen LogP contribution in [0.2, 0.25) is 0 Å². The summed E-state index contributed by atoms with van der Waals surface area (Å²) >= 11 is 1.56. The zero-order chi connectivity index (χ0) is 19.3. The number of sulfonamides is 1. The zero-order valence-corrected chi connectivity index (χ0v) is 16.4. The Labute approximate surface area is 162 Å². The van der Waals surface area contributed by atoms with E-state index in [4.69, 9.17) is 4.42 Å². The molecule has 8 heteroatoms. The van der Waals surface area contributed by atoms with E-state index in [0.29, 0.717) is 24.4 Å². The average Bonchev–Trinajstić information content (AvgIpc) is 3.35. The quantitative estimate of drug-likeness (QED) is 0.623. The molecule has 142 valence electrons. The second-order valence-electron chi connectivity index (χ2n) is 5.85. The fourth-order valence-corrected chi connectivity index (χ4v) is 4.44. The molecule has 1 amide bonds. The summed E-state index contributed by atoms with van der Waals surface area (Å²) in [6, 6.07) is 13.5. The third kappa shape index (κ3) is 4.85. The molecule has 6 nitrogen and oxygen atoms in total. The monoisotopic (exact) mass is 404 g/mol. The molecule has 0 unspecified atom stereocenters. The summed E-state index contributed by atoms with van der Waals surface area (Å²) < 4.78 is 32.3. The number of rotatable bonds is 8. The number of nitrogens with one attached hydrogen (secondary N) is 1. The van der Waals surface area contributed by atoms with Gasteiger partial charge in [0.15, 0.2) is 0 Å². The first-order valence-corrected chi connectivity index (χ1v) is 10.8. The van der Waals surface area contributed by atoms with Gasteiger partial charge in [-0.1, -0.05) is 19.1 Å². The Bertz CT molecular complexity index is 944. The van der Waals surface area contributed by atoms with E-state index in [1.165, 1.54) is 12.1 Å². The second kappa shape index (κ2) is 8.51. The number of hydrogen-bond donors (Lipinski definition) is 1. The van der Waals surface area contributed by atoms with Crippen LogP contribution < -0.4 is 4.72 Å². The van der Waals surface area contributed by atoms with E-state index < -0.39 is 10.0 Å². The third-order valence-corrected chi connectivity index (χ3v) is 6.27. The summed E-state index contributed by atoms with van der Waals surface area (Å²) in [5.41, 5.74) is 0.317. The molecular formula is C19H20N2O4S2. The van der Waals surface area contributed by atoms with Gasteiger partial charge in [0, 0.05) is 17.0 Å². The molecule has 0 radical (unpaired) electrons. The molecule has 0 spiro atoms. The number of benzene rings is 1. The minimum absolute atomic E-state index is 0.0734. The molecule has 0 aliphatic heterocycles. The van der Waals surface area contributed by atoms with E-state index in [1.807, 2.05) is 17.5 Å². The minimum Gasteiger partial charge on any atom is -0.467 e. The zero-order valence-electron chi connectivity index (χ0n) is 14.8. The van der Waals surface area contributed by atoms with Crippen LogP contribution in [0.4, 0.5) is 0 Å². The molecule has 1 N–H and O–H groups in total. The van der Waals surface area contributed by atoms with Crippen LogP contribution in [0.15, 0.2) is 69.5 Å². The van der Waals surface area contributed by atoms with Crippen molar-refractivity contribution < 1.29 is 17.6 Å². The Hall–Kier alpha value is -2.42. The van der Waals surface area contributed by atoms with Gasteiger partial charge in [-0.25, -0.2) is 13.1 Å². The Morgan fingerprint density at radius 2 is 2.00 bits per heavy atom. The van der Waals surface area contributed by atoms with E-state index in [0.717, 1.165) is 4.88 Å². The normalized spacial score (nSPS) is 11.4. The Balaban J connectivity index is 1.89. The van der Waals surface area contributed by atoms with Crippen molar-refractivity contribution in [3.05, 3.63) is 76.4 Å². The SMILES string of the molecule is CCNS(=O)(=O)c1cccc(C(=O)N(Cc2ccco2)Cc2cccs2)c1. The van der Waals surface area contributed by atoms with Gasteiger partial charge < -0.3 is 9.32 Å². The molecule has 0 aliphatic carbocycles. The first kappa shape index (κ1) is 19.3. The van der Waals surface area contributed by atoms with Crippen LogP contribution in [0.25, 0.3) is 0 Å². The van der Waals surface area contributed by atoms with E-state index in [1.54, 1.807) is 53.7 Å². The van der Waals surface area contributed by atoms with Crippen LogP contribution in [0.1, 0.15) is 27.9 Å². The molecule has 3 rings (SSSR count). The molecular weight excluding hydrogens is 384 g/mol. The number of nitrogens with zero attached hydrogens (tertiary/aromatic N) is 1. The van der Waals surface area contributed by atoms with Gasteiger partial charge in [0.2, 0.25) is 10.0 Å². The molecule has 27 heavy (non-hydrogen) atoms. The van der Waals surface area contributed by atoms with Gasteiger partial charge >= 0.3 is 0 Å². The lowest BCUT2D eigenvalue weighted by molar-refractivity contribution is 0.0719. The third-order valence-electron chi connectivity index (χ3n) is 3.87. The minimum atomic E-state index is -3.63. The predicted molar refractivity (Wildman–Crippen MR) is 104 cm³/mol. The average molecular weight is 405 g/mol. The lowest BCUT2D eigenvalue weighted by Crippen LogP contribution is -2.30. The maximum atomic E-state index is 13.1. The summed E-state index contributed by atoms with van der Waals surface area (Å²) in [6.07, 6.45) is 1.56. The molecule has 0 saturated heterocycles. The number of carbonyl (C=O) groups excluding carboxylic acids is 1. The van der Waals surface area contributed by atoms with Crippen molar-refractivity contribution in [1.29, 1.82) is 0 Å². The van der Waals surface area contributed by atoms with Crippen molar-refractivity contribution >= 4 is 27.3 Å². The molecule has 1 aromatic carbocycles. The summed E-state index contributed by atoms with van der Waals surface area (Å²) in [5, 5.41) is 1.95. The maximum Gasteiger partial charge on any atom is 0.254 e. The van der Waals surface area contributed by atoms with E-state index in [-0.39, 0.29) is 17.3 Å². The van der Waals surface area contributed by atoms with Gasteiger partial charge in [-0.3, -0.25) is 4.79 Å². The van der Waals surface area contributed by atoms with Crippen LogP contribution >= 0.6 is 11.3 Å². The summed E-state index contributed by atoms with van der Waals surface area (Å²) in [6.45, 7) is 2.71. The Morgan fingerprint density at radius 1 is 1.15 bits per heavy atom. The van der Waals surface area contributed by atoms with Gasteiger partial charge in [-0.2, -0.15) is 0 Å². The highest BCUT2D eigenvalue weighted by Crippen LogP contribution is 2.19. The van der Waals surface area contributed by atoms with Crippen LogP contribution in [-0.4, -0.2) is 25.8 Å². The number of carbonyl (C=O) groups is 1. The Morgan fingerprint density at radius 3 is 2.67 bits per heavy atom. The molecule has 0 aliphatic rings. The highest BCUT2D eigenvalue weighted by molar-refractivity contribution is 7.89. The van der Waals surface area contributed by atoms with Crippen LogP contribution in [0.5, 0.6) is 0 Å². The van der Waals surface area contributed by atoms with Crippen LogP contribution in [0.3, 0.4) is 0 Å². The highest BCUT2D eigenvalue weighted by atomic mass is 32.2. The van der Waals surface area contributed by atoms with E-state index in [9.17, 15) is 13.2 Å². The van der Waals surface area contributed by atoms with Crippen molar-refractivity contribution in [2.75, 3.05) is 6.54 Å². The highest BCUT2D eigenvalue weighted by Gasteiger charge is 2.21. The van der Waals surface area contributed by atoms with Gasteiger partial charge in [-0.15, -0.1) is 11.3 Å². The standard InChI is InChI=1S/C19H20N2O4S2/c1-2-20-27(23,24)18-9-3-6-15(12-18)19(22)21(13-16-7-4-10-25-16)14-17-8-5-11-26-17/h3-12,20H,2,13-14H2,1H3. The molecule has 0 saturated carbocycles. The molecule has 3 aromatic rings. The molecule has 2 aromatic heterocycles. The number of amides is 1. The van der Waals surface area contributed by atoms with Crippen molar-refractivity contribution in [3.63, 3.8) is 0 Å². The molecule has 0 atom stereocenters. The van der Waals surface area contributed by atoms with Crippen molar-refractivity contribution in [2.24, 2.45) is 0 Å².